The largest absolute Gasteiger partial charge is 0.497 e. The molecule has 0 bridgehead atoms. The monoisotopic (exact) mass is 1280 g/mol. The molecule has 1 aliphatic rings. The normalized spacial score (nSPS) is 12.7. The van der Waals surface area contributed by atoms with Gasteiger partial charge >= 0.3 is 0 Å². The number of para-hydroxylation sites is 3. The van der Waals surface area contributed by atoms with E-state index in [0.717, 1.165) is 34.4 Å². The number of nitrogens with one attached hydrogen (secondary N) is 8. The first-order valence-corrected chi connectivity index (χ1v) is 28.9. The summed E-state index contributed by atoms with van der Waals surface area (Å²) in [5.41, 5.74) is 8.64. The maximum atomic E-state index is 12.5. The number of rotatable bonds is 21. The SMILES string of the molecule is CNC(=O)c1nnc(Cl)cc1Nc1cccc(-c2cnn(C)n2)c1OC.CNC(=O)c1nnc(NC(=O)[C@@H]2C[C@@H]2C)cc1Nc1cccc(-c2cnn(C)n2)c1OC.CNC(=O)c1nnc(NCc2ccc(OC)cc2)cc1Nc1cccc(-c2cnn(C)n2)c1OC. The van der Waals surface area contributed by atoms with E-state index in [0.29, 0.717) is 86.7 Å². The molecule has 480 valence electrons. The smallest absolute Gasteiger partial charge is 0.273 e. The summed E-state index contributed by atoms with van der Waals surface area (Å²) in [6.07, 6.45) is 5.79. The van der Waals surface area contributed by atoms with Crippen LogP contribution in [-0.2, 0) is 32.5 Å². The van der Waals surface area contributed by atoms with E-state index in [-0.39, 0.29) is 51.7 Å². The van der Waals surface area contributed by atoms with Gasteiger partial charge in [-0.2, -0.15) is 45.0 Å². The lowest BCUT2D eigenvalue weighted by Crippen LogP contribution is -2.22. The summed E-state index contributed by atoms with van der Waals surface area (Å²) in [5.74, 6) is 2.22. The number of carbonyl (C=O) groups excluding carboxylic acids is 4. The number of carbonyl (C=O) groups is 4. The van der Waals surface area contributed by atoms with Crippen molar-refractivity contribution in [3.05, 3.63) is 143 Å². The third kappa shape index (κ3) is 15.9. The van der Waals surface area contributed by atoms with Crippen molar-refractivity contribution in [1.82, 2.24) is 91.5 Å². The van der Waals surface area contributed by atoms with Gasteiger partial charge in [-0.15, -0.1) is 30.6 Å². The highest BCUT2D eigenvalue weighted by atomic mass is 35.5. The maximum absolute atomic E-state index is 12.5. The molecule has 8 N–H and O–H groups in total. The summed E-state index contributed by atoms with van der Waals surface area (Å²) in [7, 11) is 16.1. The first-order chi connectivity index (χ1) is 44.9. The Bertz CT molecular complexity index is 4310. The zero-order valence-corrected chi connectivity index (χ0v) is 53.1. The highest BCUT2D eigenvalue weighted by Crippen LogP contribution is 2.42. The number of anilines is 8. The van der Waals surface area contributed by atoms with Crippen molar-refractivity contribution in [2.45, 2.75) is 19.9 Å². The van der Waals surface area contributed by atoms with Gasteiger partial charge in [0.25, 0.3) is 17.7 Å². The minimum atomic E-state index is -0.419. The summed E-state index contributed by atoms with van der Waals surface area (Å²) in [6.45, 7) is 2.54. The lowest BCUT2D eigenvalue weighted by atomic mass is 10.1. The van der Waals surface area contributed by atoms with Gasteiger partial charge in [-0.3, -0.25) is 19.2 Å². The van der Waals surface area contributed by atoms with E-state index >= 15 is 0 Å². The molecule has 0 saturated heterocycles. The van der Waals surface area contributed by atoms with Gasteiger partial charge in [0.2, 0.25) is 5.91 Å². The number of hydrogen-bond acceptors (Lipinski definition) is 24. The Labute approximate surface area is 537 Å². The van der Waals surface area contributed by atoms with E-state index in [1.54, 1.807) is 99.5 Å². The molecule has 1 saturated carbocycles. The number of benzene rings is 4. The molecule has 2 atom stereocenters. The van der Waals surface area contributed by atoms with E-state index in [4.69, 9.17) is 30.5 Å². The average Bonchev–Trinajstić information content (AvgIpc) is 2.04. The highest BCUT2D eigenvalue weighted by Gasteiger charge is 2.39. The lowest BCUT2D eigenvalue weighted by molar-refractivity contribution is -0.117. The van der Waals surface area contributed by atoms with Gasteiger partial charge in [0.1, 0.15) is 22.8 Å². The summed E-state index contributed by atoms with van der Waals surface area (Å²) >= 11 is 5.94. The summed E-state index contributed by atoms with van der Waals surface area (Å²) in [4.78, 5) is 53.6. The first-order valence-electron chi connectivity index (χ1n) is 28.5. The van der Waals surface area contributed by atoms with Crippen molar-refractivity contribution >= 4 is 81.0 Å². The fourth-order valence-corrected chi connectivity index (χ4v) is 9.45. The van der Waals surface area contributed by atoms with Crippen LogP contribution in [0, 0.1) is 11.8 Å². The predicted octanol–water partition coefficient (Wildman–Crippen LogP) is 7.02. The molecule has 0 aliphatic heterocycles. The number of ether oxygens (including phenoxy) is 4. The van der Waals surface area contributed by atoms with Crippen LogP contribution in [0.5, 0.6) is 23.0 Å². The molecule has 6 aromatic heterocycles. The molecule has 0 unspecified atom stereocenters. The number of halogens is 1. The van der Waals surface area contributed by atoms with E-state index in [1.165, 1.54) is 34.6 Å². The van der Waals surface area contributed by atoms with Gasteiger partial charge in [0, 0.05) is 89.6 Å². The Kier molecular flexibility index (Phi) is 21.2. The summed E-state index contributed by atoms with van der Waals surface area (Å²) in [6, 6.07) is 29.1. The molecule has 10 aromatic rings. The van der Waals surface area contributed by atoms with E-state index in [9.17, 15) is 19.2 Å². The van der Waals surface area contributed by atoms with Crippen molar-refractivity contribution in [1.29, 1.82) is 0 Å². The number of aromatic nitrogens is 15. The second-order valence-electron chi connectivity index (χ2n) is 20.4. The molecule has 1 aliphatic carbocycles. The summed E-state index contributed by atoms with van der Waals surface area (Å²) in [5, 5.41) is 72.7. The van der Waals surface area contributed by atoms with Crippen molar-refractivity contribution in [3.63, 3.8) is 0 Å². The standard InChI is InChI=1S/C24H26N8O3.C21H24N8O3.C16H16ClN7O2/c1-25-24(33)22-19(12-21(29-30-22)26-13-15-8-10-16(34-3)11-9-15)28-18-7-5-6-17(23(18)35-4)20-14-27-32(2)31-20;1-11-8-13(11)20(30)25-17-9-15(18(27-26-17)21(31)22-2)24-14-7-5-6-12(19(14)32-4)16-10-23-29(3)28-16;1-18-16(25)14-11(7-13(17)21-22-14)20-10-6-4-5-9(15(10)26-3)12-8-19-24(2)23-12/h5-12,14H,13H2,1-4H3,(H,25,33)(H2,26,28,29);5-7,9-11,13H,8H2,1-4H3,(H,22,31)(H2,24,25,26,30);4-8H,1-3H3,(H,18,25)(H,20,21)/t;11-,13+;/m.0./s1. The molecule has 93 heavy (non-hydrogen) atoms. The van der Waals surface area contributed by atoms with Gasteiger partial charge in [-0.25, -0.2) is 0 Å². The van der Waals surface area contributed by atoms with Gasteiger partial charge in [0.15, 0.2) is 51.1 Å². The van der Waals surface area contributed by atoms with Gasteiger partial charge in [-0.05, 0) is 66.4 Å². The number of amides is 4. The third-order valence-corrected chi connectivity index (χ3v) is 14.3. The number of aryl methyl sites for hydroxylation is 3. The fourth-order valence-electron chi connectivity index (χ4n) is 9.30. The van der Waals surface area contributed by atoms with E-state index in [1.807, 2.05) is 73.7 Å². The zero-order chi connectivity index (χ0) is 66.3. The molecule has 31 nitrogen and oxygen atoms in total. The van der Waals surface area contributed by atoms with Gasteiger partial charge < -0.3 is 61.5 Å². The van der Waals surface area contributed by atoms with Crippen molar-refractivity contribution < 1.29 is 38.1 Å². The zero-order valence-electron chi connectivity index (χ0n) is 52.4. The minimum Gasteiger partial charge on any atom is -0.497 e. The number of methoxy groups -OCH3 is 4. The van der Waals surface area contributed by atoms with Gasteiger partial charge in [0.05, 0.1) is 81.2 Å². The average molecular weight is 1280 g/mol. The van der Waals surface area contributed by atoms with Crippen LogP contribution in [0.3, 0.4) is 0 Å². The van der Waals surface area contributed by atoms with Crippen LogP contribution in [0.4, 0.5) is 45.8 Å². The molecule has 4 amide bonds. The molecule has 4 aromatic carbocycles. The molecule has 32 heteroatoms. The van der Waals surface area contributed by atoms with Crippen LogP contribution in [0.15, 0.2) is 116 Å². The Balaban J connectivity index is 0.000000166. The molecule has 0 spiro atoms. The fraction of sp³-hybridized carbons (Fsp3) is 0.246. The van der Waals surface area contributed by atoms with Crippen molar-refractivity contribution in [3.8, 4) is 56.8 Å². The van der Waals surface area contributed by atoms with Crippen LogP contribution >= 0.6 is 11.6 Å². The van der Waals surface area contributed by atoms with Crippen LogP contribution < -0.4 is 61.5 Å². The topological polar surface area (TPSA) is 371 Å². The minimum absolute atomic E-state index is 0.0180. The van der Waals surface area contributed by atoms with Crippen LogP contribution in [0.25, 0.3) is 33.8 Å². The number of nitrogens with zero attached hydrogens (tertiary/aromatic N) is 15. The van der Waals surface area contributed by atoms with E-state index in [2.05, 4.69) is 104 Å². The predicted molar refractivity (Wildman–Crippen MR) is 346 cm³/mol. The van der Waals surface area contributed by atoms with Crippen molar-refractivity contribution in [2.24, 2.45) is 33.0 Å². The van der Waals surface area contributed by atoms with Crippen LogP contribution in [0.2, 0.25) is 5.15 Å². The summed E-state index contributed by atoms with van der Waals surface area (Å²) < 4.78 is 22.1. The van der Waals surface area contributed by atoms with Gasteiger partial charge in [-0.1, -0.05) is 48.9 Å². The maximum Gasteiger partial charge on any atom is 0.273 e. The Hall–Kier alpha value is -11.9. The Morgan fingerprint density at radius 2 is 0.892 bits per heavy atom. The Morgan fingerprint density at radius 1 is 0.505 bits per heavy atom. The van der Waals surface area contributed by atoms with E-state index < -0.39 is 5.91 Å². The molecular formula is C61H66ClN23O8. The molecule has 11 rings (SSSR count). The third-order valence-electron chi connectivity index (χ3n) is 14.1. The quantitative estimate of drug-likeness (QED) is 0.0358. The highest BCUT2D eigenvalue weighted by molar-refractivity contribution is 6.29. The molecule has 0 radical (unpaired) electrons. The lowest BCUT2D eigenvalue weighted by Gasteiger charge is -2.16. The molecular weight excluding hydrogens is 1220 g/mol. The number of hydrogen-bond donors (Lipinski definition) is 8. The molecule has 1 fully saturated rings. The second-order valence-corrected chi connectivity index (χ2v) is 20.7. The Morgan fingerprint density at radius 3 is 1.26 bits per heavy atom. The molecule has 6 heterocycles. The first kappa shape index (κ1) is 65.6. The van der Waals surface area contributed by atoms with Crippen LogP contribution in [0.1, 0.15) is 50.4 Å². The van der Waals surface area contributed by atoms with Crippen molar-refractivity contribution in [2.75, 3.05) is 76.2 Å². The second kappa shape index (κ2) is 30.1. The van der Waals surface area contributed by atoms with Crippen LogP contribution in [-0.4, -0.2) is 149 Å².